The number of carbonyl (C=O) groups is 1. The number of benzene rings is 1. The fourth-order valence-electron chi connectivity index (χ4n) is 2.56. The van der Waals surface area contributed by atoms with Gasteiger partial charge in [-0.1, -0.05) is 6.07 Å². The second kappa shape index (κ2) is 4.46. The van der Waals surface area contributed by atoms with E-state index in [1.165, 1.54) is 7.11 Å². The van der Waals surface area contributed by atoms with E-state index in [9.17, 15) is 13.2 Å². The lowest BCUT2D eigenvalue weighted by Gasteiger charge is -2.20. The molecular formula is C13H15NO5S. The van der Waals surface area contributed by atoms with E-state index in [-0.39, 0.29) is 16.7 Å². The summed E-state index contributed by atoms with van der Waals surface area (Å²) in [6.45, 7) is 0.150. The van der Waals surface area contributed by atoms with Crippen molar-refractivity contribution in [2.45, 2.75) is 35.8 Å². The standard InChI is InChI=1S/C13H15NO5S/c1-19-12-11-5-4-10(20(17,18)9-2-3-9)6-8(11)7-14(12)13(15)16/h4-6,9,12H,2-3,7H2,1H3,(H,15,16). The van der Waals surface area contributed by atoms with Gasteiger partial charge in [0.15, 0.2) is 16.1 Å². The predicted octanol–water partition coefficient (Wildman–Crippen LogP) is 1.76. The van der Waals surface area contributed by atoms with Gasteiger partial charge in [0.25, 0.3) is 0 Å². The Morgan fingerprint density at radius 3 is 2.65 bits per heavy atom. The molecule has 0 saturated heterocycles. The lowest BCUT2D eigenvalue weighted by atomic mass is 10.1. The van der Waals surface area contributed by atoms with Crippen LogP contribution in [0.15, 0.2) is 23.1 Å². The molecule has 2 aliphatic rings. The molecule has 1 N–H and O–H groups in total. The van der Waals surface area contributed by atoms with E-state index >= 15 is 0 Å². The smallest absolute Gasteiger partial charge is 0.409 e. The molecule has 1 aliphatic carbocycles. The Kier molecular flexibility index (Phi) is 2.98. The number of nitrogens with zero attached hydrogens (tertiary/aromatic N) is 1. The molecule has 1 fully saturated rings. The van der Waals surface area contributed by atoms with Gasteiger partial charge < -0.3 is 9.84 Å². The van der Waals surface area contributed by atoms with Gasteiger partial charge in [-0.25, -0.2) is 13.2 Å². The number of fused-ring (bicyclic) bond motifs is 1. The third kappa shape index (κ3) is 1.97. The fourth-order valence-corrected chi connectivity index (χ4v) is 4.27. The van der Waals surface area contributed by atoms with Crippen LogP contribution in [0, 0.1) is 0 Å². The van der Waals surface area contributed by atoms with Gasteiger partial charge in [0.05, 0.1) is 16.7 Å². The van der Waals surface area contributed by atoms with E-state index < -0.39 is 22.2 Å². The summed E-state index contributed by atoms with van der Waals surface area (Å²) in [4.78, 5) is 12.6. The molecule has 1 aromatic rings. The Hall–Kier alpha value is -1.60. The zero-order valence-corrected chi connectivity index (χ0v) is 11.8. The maximum Gasteiger partial charge on any atom is 0.409 e. The molecule has 108 valence electrons. The first kappa shape index (κ1) is 13.4. The highest BCUT2D eigenvalue weighted by molar-refractivity contribution is 7.92. The van der Waals surface area contributed by atoms with Crippen LogP contribution in [0.2, 0.25) is 0 Å². The quantitative estimate of drug-likeness (QED) is 0.919. The van der Waals surface area contributed by atoms with Crippen LogP contribution in [0.3, 0.4) is 0 Å². The van der Waals surface area contributed by atoms with Crippen LogP contribution in [-0.2, 0) is 21.1 Å². The number of hydrogen-bond acceptors (Lipinski definition) is 4. The third-order valence-electron chi connectivity index (χ3n) is 3.76. The molecular weight excluding hydrogens is 282 g/mol. The van der Waals surface area contributed by atoms with Gasteiger partial charge in [-0.05, 0) is 30.5 Å². The summed E-state index contributed by atoms with van der Waals surface area (Å²) in [5, 5.41) is 8.87. The molecule has 1 heterocycles. The van der Waals surface area contributed by atoms with Crippen LogP contribution >= 0.6 is 0 Å². The second-order valence-electron chi connectivity index (χ2n) is 5.10. The van der Waals surface area contributed by atoms with E-state index in [2.05, 4.69) is 0 Å². The molecule has 1 saturated carbocycles. The number of methoxy groups -OCH3 is 1. The minimum Gasteiger partial charge on any atom is -0.465 e. The number of amides is 1. The zero-order chi connectivity index (χ0) is 14.5. The summed E-state index contributed by atoms with van der Waals surface area (Å²) in [5.41, 5.74) is 1.41. The van der Waals surface area contributed by atoms with Crippen LogP contribution in [0.25, 0.3) is 0 Å². The molecule has 20 heavy (non-hydrogen) atoms. The van der Waals surface area contributed by atoms with Crippen molar-refractivity contribution in [1.82, 2.24) is 4.90 Å². The number of rotatable bonds is 3. The van der Waals surface area contributed by atoms with Crippen molar-refractivity contribution in [3.05, 3.63) is 29.3 Å². The Balaban J connectivity index is 2.00. The average molecular weight is 297 g/mol. The van der Waals surface area contributed by atoms with E-state index in [1.807, 2.05) is 0 Å². The Bertz CT molecular complexity index is 665. The van der Waals surface area contributed by atoms with E-state index in [0.717, 1.165) is 4.90 Å². The topological polar surface area (TPSA) is 83.9 Å². The van der Waals surface area contributed by atoms with Crippen molar-refractivity contribution >= 4 is 15.9 Å². The predicted molar refractivity (Wildman–Crippen MR) is 70.0 cm³/mol. The maximum absolute atomic E-state index is 12.2. The molecule has 3 rings (SSSR count). The SMILES string of the molecule is COC1c2ccc(S(=O)(=O)C3CC3)cc2CN1C(=O)O. The molecule has 1 unspecified atom stereocenters. The van der Waals surface area contributed by atoms with Crippen molar-refractivity contribution < 1.29 is 23.1 Å². The van der Waals surface area contributed by atoms with Crippen molar-refractivity contribution in [3.8, 4) is 0 Å². The first-order valence-electron chi connectivity index (χ1n) is 6.34. The first-order chi connectivity index (χ1) is 9.45. The molecule has 0 spiro atoms. The molecule has 1 amide bonds. The van der Waals surface area contributed by atoms with Gasteiger partial charge in [-0.15, -0.1) is 0 Å². The Labute approximate surface area is 116 Å². The van der Waals surface area contributed by atoms with Crippen LogP contribution in [0.1, 0.15) is 30.2 Å². The number of hydrogen-bond donors (Lipinski definition) is 1. The van der Waals surface area contributed by atoms with E-state index in [4.69, 9.17) is 9.84 Å². The summed E-state index contributed by atoms with van der Waals surface area (Å²) >= 11 is 0. The Morgan fingerprint density at radius 2 is 2.10 bits per heavy atom. The summed E-state index contributed by atoms with van der Waals surface area (Å²) in [5.74, 6) is 0. The summed E-state index contributed by atoms with van der Waals surface area (Å²) in [7, 11) is -1.82. The monoisotopic (exact) mass is 297 g/mol. The number of carboxylic acid groups (broad SMARTS) is 1. The lowest BCUT2D eigenvalue weighted by molar-refractivity contribution is -0.0139. The number of ether oxygens (including phenoxy) is 1. The van der Waals surface area contributed by atoms with E-state index in [1.54, 1.807) is 18.2 Å². The normalized spacial score (nSPS) is 21.9. The van der Waals surface area contributed by atoms with Crippen molar-refractivity contribution in [2.75, 3.05) is 7.11 Å². The lowest BCUT2D eigenvalue weighted by Crippen LogP contribution is -2.28. The molecule has 1 atom stereocenters. The van der Waals surface area contributed by atoms with Gasteiger partial charge in [0.1, 0.15) is 0 Å². The molecule has 1 aromatic carbocycles. The van der Waals surface area contributed by atoms with Gasteiger partial charge in [-0.2, -0.15) is 0 Å². The highest BCUT2D eigenvalue weighted by Crippen LogP contribution is 2.38. The second-order valence-corrected chi connectivity index (χ2v) is 7.33. The van der Waals surface area contributed by atoms with Gasteiger partial charge >= 0.3 is 6.09 Å². The van der Waals surface area contributed by atoms with Crippen molar-refractivity contribution in [3.63, 3.8) is 0 Å². The van der Waals surface area contributed by atoms with Crippen LogP contribution in [0.5, 0.6) is 0 Å². The van der Waals surface area contributed by atoms with Crippen molar-refractivity contribution in [2.24, 2.45) is 0 Å². The fraction of sp³-hybridized carbons (Fsp3) is 0.462. The molecule has 0 radical (unpaired) electrons. The van der Waals surface area contributed by atoms with Gasteiger partial charge in [-0.3, -0.25) is 4.90 Å². The summed E-state index contributed by atoms with van der Waals surface area (Å²) in [6.07, 6.45) is -0.331. The van der Waals surface area contributed by atoms with Crippen LogP contribution in [-0.4, -0.2) is 36.9 Å². The Morgan fingerprint density at radius 1 is 1.40 bits per heavy atom. The molecule has 7 heteroatoms. The largest absolute Gasteiger partial charge is 0.465 e. The van der Waals surface area contributed by atoms with Crippen LogP contribution in [0.4, 0.5) is 4.79 Å². The highest BCUT2D eigenvalue weighted by Gasteiger charge is 2.39. The average Bonchev–Trinajstić information content (AvgIpc) is 3.19. The molecule has 6 nitrogen and oxygen atoms in total. The number of sulfone groups is 1. The van der Waals surface area contributed by atoms with Crippen LogP contribution < -0.4 is 0 Å². The third-order valence-corrected chi connectivity index (χ3v) is 6.03. The molecule has 0 bridgehead atoms. The maximum atomic E-state index is 12.2. The zero-order valence-electron chi connectivity index (χ0n) is 10.9. The minimum absolute atomic E-state index is 0.150. The van der Waals surface area contributed by atoms with Crippen molar-refractivity contribution in [1.29, 1.82) is 0 Å². The van der Waals surface area contributed by atoms with E-state index in [0.29, 0.717) is 24.0 Å². The minimum atomic E-state index is -3.26. The first-order valence-corrected chi connectivity index (χ1v) is 7.89. The van der Waals surface area contributed by atoms with Gasteiger partial charge in [0, 0.05) is 12.7 Å². The molecule has 1 aliphatic heterocycles. The summed E-state index contributed by atoms with van der Waals surface area (Å²) in [6, 6.07) is 4.78. The highest BCUT2D eigenvalue weighted by atomic mass is 32.2. The molecule has 0 aromatic heterocycles. The summed E-state index contributed by atoms with van der Waals surface area (Å²) < 4.78 is 29.6. The van der Waals surface area contributed by atoms with Gasteiger partial charge in [0.2, 0.25) is 0 Å².